The summed E-state index contributed by atoms with van der Waals surface area (Å²) in [5, 5.41) is 8.32. The van der Waals surface area contributed by atoms with Gasteiger partial charge in [0.1, 0.15) is 5.69 Å². The predicted molar refractivity (Wildman–Crippen MR) is 136 cm³/mol. The Morgan fingerprint density at radius 1 is 0.970 bits per heavy atom. The highest BCUT2D eigenvalue weighted by Crippen LogP contribution is 2.17. The molecular weight excluding hydrogens is 660 g/mol. The molecule has 33 heavy (non-hydrogen) atoms. The molecule has 0 bridgehead atoms. The molecule has 2 aromatic rings. The molecule has 0 saturated carbocycles. The third kappa shape index (κ3) is 7.75. The van der Waals surface area contributed by atoms with Crippen LogP contribution < -0.4 is 0 Å². The van der Waals surface area contributed by atoms with Gasteiger partial charge < -0.3 is 9.47 Å². The molecule has 0 N–H and O–H groups in total. The van der Waals surface area contributed by atoms with E-state index in [4.69, 9.17) is 0 Å². The number of hydrogen-bond donors (Lipinski definition) is 0. The number of imide groups is 1. The maximum atomic E-state index is 11.3. The molecular formula is C20H27I2N5O6. The lowest BCUT2D eigenvalue weighted by Gasteiger charge is -2.01. The molecule has 1 aliphatic rings. The summed E-state index contributed by atoms with van der Waals surface area (Å²) in [5.74, 6) is -0.810. The average Bonchev–Trinajstić information content (AvgIpc) is 3.44. The van der Waals surface area contributed by atoms with Gasteiger partial charge in [0.25, 0.3) is 0 Å². The van der Waals surface area contributed by atoms with E-state index in [1.54, 1.807) is 38.3 Å². The first-order chi connectivity index (χ1) is 15.5. The summed E-state index contributed by atoms with van der Waals surface area (Å²) < 4.78 is 14.5. The van der Waals surface area contributed by atoms with Gasteiger partial charge in [-0.25, -0.2) is 12.7 Å². The molecule has 1 aliphatic heterocycles. The molecule has 0 spiro atoms. The van der Waals surface area contributed by atoms with Crippen LogP contribution in [0.1, 0.15) is 59.1 Å². The van der Waals surface area contributed by atoms with Crippen LogP contribution in [-0.2, 0) is 32.2 Å². The van der Waals surface area contributed by atoms with Crippen molar-refractivity contribution in [2.45, 2.75) is 53.6 Å². The lowest BCUT2D eigenvalue weighted by molar-refractivity contribution is -0.130. The van der Waals surface area contributed by atoms with Crippen molar-refractivity contribution in [2.24, 2.45) is 0 Å². The second-order valence-corrected chi connectivity index (χ2v) is 8.65. The minimum Gasteiger partial charge on any atom is -0.464 e. The van der Waals surface area contributed by atoms with Crippen molar-refractivity contribution in [2.75, 3.05) is 14.2 Å². The smallest absolute Gasteiger partial charge is 0.357 e. The first-order valence-corrected chi connectivity index (χ1v) is 12.0. The van der Waals surface area contributed by atoms with Gasteiger partial charge >= 0.3 is 11.9 Å². The molecule has 3 heterocycles. The van der Waals surface area contributed by atoms with Crippen LogP contribution in [0.4, 0.5) is 0 Å². The number of nitrogens with zero attached hydrogens (tertiary/aromatic N) is 5. The Bertz CT molecular complexity index is 1000. The number of halogens is 2. The van der Waals surface area contributed by atoms with E-state index in [0.29, 0.717) is 37.3 Å². The Kier molecular flexibility index (Phi) is 12.0. The third-order valence-electron chi connectivity index (χ3n) is 4.32. The van der Waals surface area contributed by atoms with E-state index >= 15 is 0 Å². The fraction of sp³-hybridized carbons (Fsp3) is 0.500. The highest BCUT2D eigenvalue weighted by Gasteiger charge is 2.26. The molecule has 3 rings (SSSR count). The molecule has 1 saturated heterocycles. The van der Waals surface area contributed by atoms with Gasteiger partial charge in [-0.2, -0.15) is 10.2 Å². The van der Waals surface area contributed by atoms with Crippen molar-refractivity contribution in [1.82, 2.24) is 22.7 Å². The second-order valence-electron chi connectivity index (χ2n) is 6.60. The monoisotopic (exact) mass is 687 g/mol. The van der Waals surface area contributed by atoms with Crippen LogP contribution in [-0.4, -0.2) is 60.6 Å². The van der Waals surface area contributed by atoms with Gasteiger partial charge in [-0.3, -0.25) is 19.0 Å². The standard InChI is InChI=1S/C8H11IN2O2.C8H12N2O2.C4H4INO2/c1-4-11-7(8(12)13-3)6(9)5(2)10-11;1-4-10-7(8(11)12-3)5-6(2)9-10;5-6-3(7)1-2-4(6)8/h4H2,1-3H3;5H,4H2,1-3H3;1-2H2. The van der Waals surface area contributed by atoms with E-state index in [2.05, 4.69) is 42.3 Å². The maximum absolute atomic E-state index is 11.3. The van der Waals surface area contributed by atoms with Crippen LogP contribution in [0, 0.1) is 17.4 Å². The maximum Gasteiger partial charge on any atom is 0.357 e. The number of aryl methyl sites for hydroxylation is 4. The first-order valence-electron chi connectivity index (χ1n) is 9.97. The highest BCUT2D eigenvalue weighted by molar-refractivity contribution is 14.1. The molecule has 0 radical (unpaired) electrons. The van der Waals surface area contributed by atoms with Crippen LogP contribution in [0.25, 0.3) is 0 Å². The summed E-state index contributed by atoms with van der Waals surface area (Å²) in [5.41, 5.74) is 2.75. The largest absolute Gasteiger partial charge is 0.464 e. The number of carbonyl (C=O) groups excluding carboxylic acids is 4. The van der Waals surface area contributed by atoms with Gasteiger partial charge in [-0.1, -0.05) is 0 Å². The van der Waals surface area contributed by atoms with E-state index in [1.165, 1.54) is 14.2 Å². The van der Waals surface area contributed by atoms with Crippen LogP contribution in [0.5, 0.6) is 0 Å². The highest BCUT2D eigenvalue weighted by atomic mass is 127. The van der Waals surface area contributed by atoms with Gasteiger partial charge in [0.2, 0.25) is 11.8 Å². The lowest BCUT2D eigenvalue weighted by atomic mass is 10.4. The number of amides is 2. The molecule has 2 amide bonds. The van der Waals surface area contributed by atoms with Crippen molar-refractivity contribution < 1.29 is 28.7 Å². The third-order valence-corrected chi connectivity index (χ3v) is 6.69. The van der Waals surface area contributed by atoms with E-state index in [9.17, 15) is 19.2 Å². The van der Waals surface area contributed by atoms with Crippen molar-refractivity contribution in [3.63, 3.8) is 0 Å². The van der Waals surface area contributed by atoms with E-state index < -0.39 is 0 Å². The Hall–Kier alpha value is -2.04. The fourth-order valence-corrected chi connectivity index (χ4v) is 3.77. The van der Waals surface area contributed by atoms with Crippen LogP contribution in [0.3, 0.4) is 0 Å². The second kappa shape index (κ2) is 13.6. The molecule has 11 nitrogen and oxygen atoms in total. The summed E-state index contributed by atoms with van der Waals surface area (Å²) in [6.07, 6.45) is 0.781. The van der Waals surface area contributed by atoms with Crippen molar-refractivity contribution >= 4 is 69.2 Å². The van der Waals surface area contributed by atoms with Gasteiger partial charge in [-0.05, 0) is 56.4 Å². The predicted octanol–water partition coefficient (Wildman–Crippen LogP) is 3.09. The summed E-state index contributed by atoms with van der Waals surface area (Å²) in [7, 11) is 2.74. The van der Waals surface area contributed by atoms with Crippen molar-refractivity contribution in [3.8, 4) is 0 Å². The number of rotatable bonds is 4. The Labute approximate surface area is 219 Å². The van der Waals surface area contributed by atoms with Gasteiger partial charge in [0, 0.05) is 25.9 Å². The average molecular weight is 687 g/mol. The van der Waals surface area contributed by atoms with Gasteiger partial charge in [0.15, 0.2) is 5.69 Å². The molecule has 0 aromatic carbocycles. The Morgan fingerprint density at radius 2 is 1.48 bits per heavy atom. The molecule has 2 aromatic heterocycles. The minimum atomic E-state index is -0.336. The summed E-state index contributed by atoms with van der Waals surface area (Å²) in [6, 6.07) is 1.72. The minimum absolute atomic E-state index is 0.0735. The molecule has 0 aliphatic carbocycles. The zero-order chi connectivity index (χ0) is 25.3. The van der Waals surface area contributed by atoms with E-state index in [1.807, 2.05) is 27.7 Å². The Balaban J connectivity index is 0.000000254. The first kappa shape index (κ1) is 29.0. The zero-order valence-electron chi connectivity index (χ0n) is 19.3. The van der Waals surface area contributed by atoms with Crippen molar-refractivity contribution in [3.05, 3.63) is 32.4 Å². The van der Waals surface area contributed by atoms with Gasteiger partial charge in [-0.15, -0.1) is 0 Å². The van der Waals surface area contributed by atoms with Crippen molar-refractivity contribution in [1.29, 1.82) is 0 Å². The number of aromatic nitrogens is 4. The van der Waals surface area contributed by atoms with Crippen LogP contribution in [0.2, 0.25) is 0 Å². The molecule has 13 heteroatoms. The number of hydrogen-bond acceptors (Lipinski definition) is 8. The summed E-state index contributed by atoms with van der Waals surface area (Å²) in [4.78, 5) is 43.4. The number of methoxy groups -OCH3 is 2. The molecule has 182 valence electrons. The zero-order valence-corrected chi connectivity index (χ0v) is 23.7. The van der Waals surface area contributed by atoms with E-state index in [0.717, 1.165) is 18.1 Å². The fourth-order valence-electron chi connectivity index (χ4n) is 2.68. The van der Waals surface area contributed by atoms with Gasteiger partial charge in [0.05, 0.1) is 52.0 Å². The topological polar surface area (TPSA) is 126 Å². The van der Waals surface area contributed by atoms with Crippen LogP contribution in [0.15, 0.2) is 6.07 Å². The molecule has 0 unspecified atom stereocenters. The number of carbonyl (C=O) groups is 4. The SMILES string of the molecule is CCn1nc(C)c(I)c1C(=O)OC.CCn1nc(C)cc1C(=O)OC.O=C1CCC(=O)N1I. The molecule has 1 fully saturated rings. The van der Waals surface area contributed by atoms with E-state index in [-0.39, 0.29) is 23.8 Å². The molecule has 0 atom stereocenters. The quantitative estimate of drug-likeness (QED) is 0.208. The lowest BCUT2D eigenvalue weighted by Crippen LogP contribution is -2.16. The summed E-state index contributed by atoms with van der Waals surface area (Å²) in [6.45, 7) is 8.94. The summed E-state index contributed by atoms with van der Waals surface area (Å²) >= 11 is 3.82. The number of ether oxygens (including phenoxy) is 2. The normalized spacial score (nSPS) is 12.5. The Morgan fingerprint density at radius 3 is 1.88 bits per heavy atom. The van der Waals surface area contributed by atoms with Crippen LogP contribution >= 0.6 is 45.5 Å². The number of esters is 2.